The Kier molecular flexibility index (Phi) is 10.5. The number of hydrogen-bond donors (Lipinski definition) is 0. The average Bonchev–Trinajstić information content (AvgIpc) is 4.09. The molecule has 14 aromatic carbocycles. The van der Waals surface area contributed by atoms with E-state index in [1.807, 2.05) is 11.3 Å². The first-order chi connectivity index (χ1) is 39.2. The third kappa shape index (κ3) is 7.46. The van der Waals surface area contributed by atoms with Gasteiger partial charge >= 0.3 is 0 Å². The smallest absolute Gasteiger partial charge is 0.0541 e. The molecule has 0 saturated heterocycles. The summed E-state index contributed by atoms with van der Waals surface area (Å²) < 4.78 is 5.10. The Morgan fingerprint density at radius 3 is 1.38 bits per heavy atom. The summed E-state index contributed by atoms with van der Waals surface area (Å²) in [4.78, 5) is 2.38. The molecule has 2 nitrogen and oxygen atoms in total. The lowest BCUT2D eigenvalue weighted by molar-refractivity contribution is 1.19. The van der Waals surface area contributed by atoms with Crippen LogP contribution in [0, 0.1) is 0 Å². The highest BCUT2D eigenvalue weighted by Gasteiger charge is 2.20. The van der Waals surface area contributed by atoms with E-state index in [0.29, 0.717) is 0 Å². The van der Waals surface area contributed by atoms with Gasteiger partial charge in [0.1, 0.15) is 0 Å². The van der Waals surface area contributed by atoms with Crippen molar-refractivity contribution in [2.75, 3.05) is 4.90 Å². The second-order valence-electron chi connectivity index (χ2n) is 20.8. The van der Waals surface area contributed by atoms with Crippen LogP contribution >= 0.6 is 11.3 Å². The summed E-state index contributed by atoms with van der Waals surface area (Å²) in [6.45, 7) is 0. The summed E-state index contributed by atoms with van der Waals surface area (Å²) in [5.41, 5.74) is 16.4. The third-order valence-corrected chi connectivity index (χ3v) is 17.5. The molecule has 368 valence electrons. The van der Waals surface area contributed by atoms with Gasteiger partial charge in [0.25, 0.3) is 0 Å². The van der Waals surface area contributed by atoms with Crippen LogP contribution in [0.4, 0.5) is 17.1 Å². The summed E-state index contributed by atoms with van der Waals surface area (Å²) in [6.07, 6.45) is 0. The Morgan fingerprint density at radius 1 is 0.253 bits per heavy atom. The largest absolute Gasteiger partial charge is 0.311 e. The molecule has 0 spiro atoms. The van der Waals surface area contributed by atoms with Gasteiger partial charge in [-0.1, -0.05) is 206 Å². The van der Waals surface area contributed by atoms with E-state index >= 15 is 0 Å². The highest BCUT2D eigenvalue weighted by Crippen LogP contribution is 2.45. The molecule has 0 aliphatic rings. The highest BCUT2D eigenvalue weighted by atomic mass is 32.1. The van der Waals surface area contributed by atoms with Crippen LogP contribution in [-0.2, 0) is 0 Å². The SMILES string of the molecule is c1ccc(-c2ccc(N(c3ccc(-c4ccc5c(c4)c4cc(-c6cccc7ccccc67)ccc4n5-c4ccc5c6ccccc6c6ccccc6c5c4)cc3)c3ccc(-c4cccc5sc6ccccc6c45)cc3)cc2)cc1. The zero-order valence-electron chi connectivity index (χ0n) is 43.0. The molecule has 16 aromatic rings. The minimum Gasteiger partial charge on any atom is -0.311 e. The van der Waals surface area contributed by atoms with E-state index in [1.165, 1.54) is 124 Å². The first-order valence-corrected chi connectivity index (χ1v) is 28.0. The fourth-order valence-electron chi connectivity index (χ4n) is 12.6. The Balaban J connectivity index is 0.828. The molecule has 3 heteroatoms. The van der Waals surface area contributed by atoms with Gasteiger partial charge in [-0.3, -0.25) is 0 Å². The van der Waals surface area contributed by atoms with Gasteiger partial charge in [0.05, 0.1) is 11.0 Å². The lowest BCUT2D eigenvalue weighted by Gasteiger charge is -2.26. The van der Waals surface area contributed by atoms with Crippen molar-refractivity contribution in [3.63, 3.8) is 0 Å². The van der Waals surface area contributed by atoms with Crippen LogP contribution < -0.4 is 4.90 Å². The molecular formula is C76H48N2S. The minimum absolute atomic E-state index is 1.09. The molecule has 0 fully saturated rings. The second-order valence-corrected chi connectivity index (χ2v) is 21.8. The van der Waals surface area contributed by atoms with Gasteiger partial charge in [0, 0.05) is 53.7 Å². The summed E-state index contributed by atoms with van der Waals surface area (Å²) in [5.74, 6) is 0. The number of benzene rings is 14. The van der Waals surface area contributed by atoms with E-state index in [1.54, 1.807) is 0 Å². The Bertz CT molecular complexity index is 5010. The Morgan fingerprint density at radius 2 is 0.709 bits per heavy atom. The molecule has 79 heavy (non-hydrogen) atoms. The van der Waals surface area contributed by atoms with Crippen LogP contribution in [0.1, 0.15) is 0 Å². The first-order valence-electron chi connectivity index (χ1n) is 27.1. The van der Waals surface area contributed by atoms with Crippen molar-refractivity contribution in [1.29, 1.82) is 0 Å². The van der Waals surface area contributed by atoms with Crippen molar-refractivity contribution in [3.05, 3.63) is 291 Å². The van der Waals surface area contributed by atoms with Gasteiger partial charge in [0.2, 0.25) is 0 Å². The fraction of sp³-hybridized carbons (Fsp3) is 0. The minimum atomic E-state index is 1.09. The number of thiophene rings is 1. The first kappa shape index (κ1) is 45.2. The van der Waals surface area contributed by atoms with Gasteiger partial charge in [-0.15, -0.1) is 11.3 Å². The lowest BCUT2D eigenvalue weighted by atomic mass is 9.94. The number of aromatic nitrogens is 1. The lowest BCUT2D eigenvalue weighted by Crippen LogP contribution is -2.09. The number of fused-ring (bicyclic) bond motifs is 13. The predicted octanol–water partition coefficient (Wildman–Crippen LogP) is 21.9. The molecule has 0 radical (unpaired) electrons. The van der Waals surface area contributed by atoms with Crippen molar-refractivity contribution < 1.29 is 0 Å². The molecule has 0 unspecified atom stereocenters. The monoisotopic (exact) mass is 1020 g/mol. The maximum Gasteiger partial charge on any atom is 0.0541 e. The maximum absolute atomic E-state index is 2.48. The van der Waals surface area contributed by atoms with Crippen LogP contribution in [0.3, 0.4) is 0 Å². The molecule has 2 aromatic heterocycles. The van der Waals surface area contributed by atoms with Crippen molar-refractivity contribution in [2.24, 2.45) is 0 Å². The number of hydrogen-bond acceptors (Lipinski definition) is 2. The number of rotatable bonds is 8. The quantitative estimate of drug-likeness (QED) is 0.138. The standard InChI is InChI=1S/C76H48N2S/c1-2-14-49(15-3-1)50-28-36-56(37-29-50)77(58-40-32-53(33-41-58)62-25-13-27-75-76(62)68-23-10-11-26-74(68)79-75)57-38-30-51(31-39-57)54-34-44-72-70(46-54)71-47-55(61-24-12-17-52-16-4-5-18-60(52)61)35-45-73(71)78(72)59-42-43-67-65-21-7-6-19-63(65)64-20-8-9-22-66(64)69(67)48-59/h1-48H. The topological polar surface area (TPSA) is 8.17 Å². The van der Waals surface area contributed by atoms with E-state index in [9.17, 15) is 0 Å². The van der Waals surface area contributed by atoms with Crippen molar-refractivity contribution in [3.8, 4) is 50.2 Å². The van der Waals surface area contributed by atoms with E-state index in [4.69, 9.17) is 0 Å². The number of anilines is 3. The average molecular weight is 1020 g/mol. The summed E-state index contributed by atoms with van der Waals surface area (Å²) in [6, 6.07) is 108. The van der Waals surface area contributed by atoms with E-state index < -0.39 is 0 Å². The molecular weight excluding hydrogens is 973 g/mol. The predicted molar refractivity (Wildman–Crippen MR) is 340 cm³/mol. The van der Waals surface area contributed by atoms with E-state index in [2.05, 4.69) is 301 Å². The Hall–Kier alpha value is -10.1. The number of nitrogens with zero attached hydrogens (tertiary/aromatic N) is 2. The molecule has 2 heterocycles. The maximum atomic E-state index is 2.48. The van der Waals surface area contributed by atoms with Crippen molar-refractivity contribution in [1.82, 2.24) is 4.57 Å². The van der Waals surface area contributed by atoms with Gasteiger partial charge in [-0.25, -0.2) is 0 Å². The molecule has 0 saturated carbocycles. The zero-order chi connectivity index (χ0) is 52.0. The Labute approximate surface area is 461 Å². The summed E-state index contributed by atoms with van der Waals surface area (Å²) in [5, 5.41) is 15.2. The van der Waals surface area contributed by atoms with Crippen LogP contribution in [-0.4, -0.2) is 4.57 Å². The molecule has 0 atom stereocenters. The van der Waals surface area contributed by atoms with Gasteiger partial charge in [-0.2, -0.15) is 0 Å². The normalized spacial score (nSPS) is 11.8. The van der Waals surface area contributed by atoms with Crippen LogP contribution in [0.15, 0.2) is 291 Å². The van der Waals surface area contributed by atoms with E-state index in [0.717, 1.165) is 28.3 Å². The van der Waals surface area contributed by atoms with Crippen LogP contribution in [0.2, 0.25) is 0 Å². The van der Waals surface area contributed by atoms with Crippen molar-refractivity contribution in [2.45, 2.75) is 0 Å². The molecule has 0 aliphatic carbocycles. The van der Waals surface area contributed by atoms with E-state index in [-0.39, 0.29) is 0 Å². The van der Waals surface area contributed by atoms with Gasteiger partial charge in [-0.05, 0) is 173 Å². The fourth-order valence-corrected chi connectivity index (χ4v) is 13.8. The molecule has 0 bridgehead atoms. The molecule has 0 N–H and O–H groups in total. The second kappa shape index (κ2) is 18.3. The van der Waals surface area contributed by atoms with Gasteiger partial charge in [0.15, 0.2) is 0 Å². The summed E-state index contributed by atoms with van der Waals surface area (Å²) >= 11 is 1.86. The van der Waals surface area contributed by atoms with Crippen LogP contribution in [0.5, 0.6) is 0 Å². The van der Waals surface area contributed by atoms with Crippen molar-refractivity contribution >= 4 is 113 Å². The molecule has 16 rings (SSSR count). The molecule has 0 amide bonds. The van der Waals surface area contributed by atoms with Gasteiger partial charge < -0.3 is 9.47 Å². The summed E-state index contributed by atoms with van der Waals surface area (Å²) in [7, 11) is 0. The molecule has 0 aliphatic heterocycles. The zero-order valence-corrected chi connectivity index (χ0v) is 43.8. The van der Waals surface area contributed by atoms with Crippen LogP contribution in [0.25, 0.3) is 135 Å². The third-order valence-electron chi connectivity index (χ3n) is 16.4. The highest BCUT2D eigenvalue weighted by molar-refractivity contribution is 7.25.